The lowest BCUT2D eigenvalue weighted by Gasteiger charge is -2.22. The molecule has 0 spiro atoms. The molecular weight excluding hydrogens is 297 g/mol. The molecule has 0 aliphatic carbocycles. The van der Waals surface area contributed by atoms with E-state index < -0.39 is 5.82 Å². The smallest absolute Gasteiger partial charge is 0.254 e. The number of carbonyl (C=O) groups excluding carboxylic acids is 2. The summed E-state index contributed by atoms with van der Waals surface area (Å²) in [6.07, 6.45) is 4.16. The van der Waals surface area contributed by atoms with E-state index in [2.05, 4.69) is 16.0 Å². The lowest BCUT2D eigenvalue weighted by Crippen LogP contribution is -2.33. The van der Waals surface area contributed by atoms with Crippen molar-refractivity contribution in [3.05, 3.63) is 29.1 Å². The molecular formula is C17H22FN3O2. The summed E-state index contributed by atoms with van der Waals surface area (Å²) in [5, 5.41) is 8.79. The van der Waals surface area contributed by atoms with Gasteiger partial charge in [0.25, 0.3) is 5.91 Å². The van der Waals surface area contributed by atoms with Crippen LogP contribution in [-0.2, 0) is 11.2 Å². The Morgan fingerprint density at radius 1 is 1.35 bits per heavy atom. The number of nitrogens with one attached hydrogen (secondary N) is 3. The number of amides is 2. The number of aryl methyl sites for hydroxylation is 1. The molecule has 0 bridgehead atoms. The summed E-state index contributed by atoms with van der Waals surface area (Å²) in [6, 6.07) is 2.80. The van der Waals surface area contributed by atoms with Crippen molar-refractivity contribution < 1.29 is 14.0 Å². The number of hydrogen-bond acceptors (Lipinski definition) is 3. The molecule has 6 heteroatoms. The van der Waals surface area contributed by atoms with Crippen LogP contribution in [0.2, 0.25) is 0 Å². The Morgan fingerprint density at radius 3 is 3.00 bits per heavy atom. The molecule has 1 fully saturated rings. The lowest BCUT2D eigenvalue weighted by atomic mass is 9.96. The van der Waals surface area contributed by atoms with Gasteiger partial charge in [0, 0.05) is 18.7 Å². The van der Waals surface area contributed by atoms with Crippen LogP contribution < -0.4 is 16.0 Å². The molecule has 5 nitrogen and oxygen atoms in total. The van der Waals surface area contributed by atoms with Crippen molar-refractivity contribution in [2.75, 3.05) is 25.0 Å². The maximum absolute atomic E-state index is 14.1. The molecule has 0 radical (unpaired) electrons. The second-order valence-corrected chi connectivity index (χ2v) is 6.29. The molecule has 1 atom stereocenters. The van der Waals surface area contributed by atoms with Crippen LogP contribution in [-0.4, -0.2) is 31.4 Å². The van der Waals surface area contributed by atoms with Crippen molar-refractivity contribution in [2.24, 2.45) is 5.92 Å². The van der Waals surface area contributed by atoms with Crippen LogP contribution in [0.5, 0.6) is 0 Å². The fourth-order valence-corrected chi connectivity index (χ4v) is 3.23. The van der Waals surface area contributed by atoms with Gasteiger partial charge >= 0.3 is 0 Å². The predicted molar refractivity (Wildman–Crippen MR) is 85.9 cm³/mol. The summed E-state index contributed by atoms with van der Waals surface area (Å²) < 4.78 is 14.1. The number of rotatable bonds is 4. The zero-order valence-electron chi connectivity index (χ0n) is 13.1. The average Bonchev–Trinajstić information content (AvgIpc) is 2.55. The number of fused-ring (bicyclic) bond motifs is 1. The van der Waals surface area contributed by atoms with Gasteiger partial charge < -0.3 is 16.0 Å². The second-order valence-electron chi connectivity index (χ2n) is 6.29. The Bertz CT molecular complexity index is 612. The van der Waals surface area contributed by atoms with E-state index in [1.165, 1.54) is 18.9 Å². The van der Waals surface area contributed by atoms with Crippen LogP contribution >= 0.6 is 0 Å². The fourth-order valence-electron chi connectivity index (χ4n) is 3.23. The maximum atomic E-state index is 14.1. The van der Waals surface area contributed by atoms with E-state index in [4.69, 9.17) is 0 Å². The molecule has 2 aliphatic heterocycles. The number of benzene rings is 1. The first-order valence-electron chi connectivity index (χ1n) is 8.24. The normalized spacial score (nSPS) is 20.6. The molecule has 1 aromatic carbocycles. The van der Waals surface area contributed by atoms with Gasteiger partial charge in [0.05, 0.1) is 5.56 Å². The SMILES string of the molecule is O=C1CCc2cc(C(=O)NCCC3CCCNC3)c(F)cc2N1. The third-order valence-corrected chi connectivity index (χ3v) is 4.57. The number of hydrogen-bond donors (Lipinski definition) is 3. The molecule has 2 amide bonds. The molecule has 0 saturated carbocycles. The molecule has 0 aromatic heterocycles. The van der Waals surface area contributed by atoms with Crippen molar-refractivity contribution in [2.45, 2.75) is 32.1 Å². The van der Waals surface area contributed by atoms with Crippen LogP contribution in [0.3, 0.4) is 0 Å². The van der Waals surface area contributed by atoms with Crippen LogP contribution in [0.25, 0.3) is 0 Å². The van der Waals surface area contributed by atoms with Gasteiger partial charge in [0.1, 0.15) is 5.82 Å². The van der Waals surface area contributed by atoms with Gasteiger partial charge in [-0.2, -0.15) is 0 Å². The summed E-state index contributed by atoms with van der Waals surface area (Å²) in [6.45, 7) is 2.61. The highest BCUT2D eigenvalue weighted by molar-refractivity contribution is 5.98. The summed E-state index contributed by atoms with van der Waals surface area (Å²) in [7, 11) is 0. The molecule has 1 aromatic rings. The number of anilines is 1. The standard InChI is InChI=1S/C17H22FN3O2/c18-14-9-15-12(3-4-16(22)21-15)8-13(14)17(23)20-7-5-11-2-1-6-19-10-11/h8-9,11,19H,1-7,10H2,(H,20,23)(H,21,22). The van der Waals surface area contributed by atoms with Crippen LogP contribution in [0.15, 0.2) is 12.1 Å². The van der Waals surface area contributed by atoms with E-state index in [9.17, 15) is 14.0 Å². The summed E-state index contributed by atoms with van der Waals surface area (Å²) in [4.78, 5) is 23.5. The molecule has 1 unspecified atom stereocenters. The van der Waals surface area contributed by atoms with Crippen molar-refractivity contribution in [1.82, 2.24) is 10.6 Å². The minimum atomic E-state index is -0.595. The molecule has 2 heterocycles. The van der Waals surface area contributed by atoms with Crippen molar-refractivity contribution in [3.63, 3.8) is 0 Å². The van der Waals surface area contributed by atoms with E-state index in [-0.39, 0.29) is 17.4 Å². The Morgan fingerprint density at radius 2 is 2.22 bits per heavy atom. The quantitative estimate of drug-likeness (QED) is 0.793. The fraction of sp³-hybridized carbons (Fsp3) is 0.529. The van der Waals surface area contributed by atoms with Crippen molar-refractivity contribution in [1.29, 1.82) is 0 Å². The largest absolute Gasteiger partial charge is 0.352 e. The van der Waals surface area contributed by atoms with Gasteiger partial charge in [-0.05, 0) is 62.4 Å². The van der Waals surface area contributed by atoms with E-state index in [0.29, 0.717) is 31.0 Å². The van der Waals surface area contributed by atoms with Crippen LogP contribution in [0.1, 0.15) is 41.6 Å². The van der Waals surface area contributed by atoms with Gasteiger partial charge in [-0.25, -0.2) is 4.39 Å². The Balaban J connectivity index is 1.59. The Kier molecular flexibility index (Phi) is 4.91. The minimum absolute atomic E-state index is 0.0571. The topological polar surface area (TPSA) is 70.2 Å². The highest BCUT2D eigenvalue weighted by atomic mass is 19.1. The minimum Gasteiger partial charge on any atom is -0.352 e. The first-order valence-corrected chi connectivity index (χ1v) is 8.24. The third kappa shape index (κ3) is 3.88. The lowest BCUT2D eigenvalue weighted by molar-refractivity contribution is -0.116. The van der Waals surface area contributed by atoms with E-state index in [1.807, 2.05) is 0 Å². The van der Waals surface area contributed by atoms with E-state index >= 15 is 0 Å². The maximum Gasteiger partial charge on any atom is 0.254 e. The molecule has 3 rings (SSSR count). The zero-order valence-corrected chi connectivity index (χ0v) is 13.1. The Hall–Kier alpha value is -1.95. The Labute approximate surface area is 135 Å². The second kappa shape index (κ2) is 7.08. The molecule has 23 heavy (non-hydrogen) atoms. The van der Waals surface area contributed by atoms with Gasteiger partial charge in [-0.1, -0.05) is 0 Å². The highest BCUT2D eigenvalue weighted by Gasteiger charge is 2.21. The number of piperidine rings is 1. The zero-order chi connectivity index (χ0) is 16.2. The van der Waals surface area contributed by atoms with Crippen LogP contribution in [0.4, 0.5) is 10.1 Å². The van der Waals surface area contributed by atoms with E-state index in [1.54, 1.807) is 6.07 Å². The first kappa shape index (κ1) is 15.9. The monoisotopic (exact) mass is 319 g/mol. The van der Waals surface area contributed by atoms with Crippen LogP contribution in [0, 0.1) is 11.7 Å². The molecule has 2 aliphatic rings. The van der Waals surface area contributed by atoms with Crippen molar-refractivity contribution in [3.8, 4) is 0 Å². The summed E-state index contributed by atoms with van der Waals surface area (Å²) >= 11 is 0. The van der Waals surface area contributed by atoms with Gasteiger partial charge in [0.2, 0.25) is 5.91 Å². The highest BCUT2D eigenvalue weighted by Crippen LogP contribution is 2.26. The summed E-state index contributed by atoms with van der Waals surface area (Å²) in [5.74, 6) is -0.517. The predicted octanol–water partition coefficient (Wildman–Crippen LogP) is 1.83. The number of halogens is 1. The first-order chi connectivity index (χ1) is 11.1. The molecule has 124 valence electrons. The molecule has 1 saturated heterocycles. The van der Waals surface area contributed by atoms with E-state index in [0.717, 1.165) is 25.1 Å². The van der Waals surface area contributed by atoms with Gasteiger partial charge in [0.15, 0.2) is 0 Å². The number of carbonyl (C=O) groups is 2. The van der Waals surface area contributed by atoms with Gasteiger partial charge in [-0.15, -0.1) is 0 Å². The third-order valence-electron chi connectivity index (χ3n) is 4.57. The average molecular weight is 319 g/mol. The summed E-state index contributed by atoms with van der Waals surface area (Å²) in [5.41, 5.74) is 1.35. The molecule has 3 N–H and O–H groups in total. The van der Waals surface area contributed by atoms with Crippen molar-refractivity contribution >= 4 is 17.5 Å². The van der Waals surface area contributed by atoms with Gasteiger partial charge in [-0.3, -0.25) is 9.59 Å².